The van der Waals surface area contributed by atoms with Gasteiger partial charge in [-0.15, -0.1) is 0 Å². The molecule has 0 radical (unpaired) electrons. The second kappa shape index (κ2) is 11.2. The molecule has 0 heterocycles. The summed E-state index contributed by atoms with van der Waals surface area (Å²) in [6, 6.07) is 4.84. The minimum Gasteiger partial charge on any atom is -0.379 e. The van der Waals surface area contributed by atoms with Gasteiger partial charge in [-0.3, -0.25) is 60.7 Å². The van der Waals surface area contributed by atoms with Crippen molar-refractivity contribution in [2.45, 2.75) is 0 Å². The molecule has 0 aliphatic rings. The van der Waals surface area contributed by atoms with E-state index in [1.807, 2.05) is 0 Å². The molecule has 0 aromatic heterocycles. The van der Waals surface area contributed by atoms with Crippen LogP contribution in [0.3, 0.4) is 0 Å². The van der Waals surface area contributed by atoms with Crippen LogP contribution < -0.4 is 13.6 Å². The molecular formula is C18H9N6O16P. The Morgan fingerprint density at radius 2 is 0.683 bits per heavy atom. The van der Waals surface area contributed by atoms with Crippen molar-refractivity contribution in [3.05, 3.63) is 115 Å². The molecule has 41 heavy (non-hydrogen) atoms. The average molecular weight is 596 g/mol. The van der Waals surface area contributed by atoms with E-state index in [2.05, 4.69) is 0 Å². The van der Waals surface area contributed by atoms with Gasteiger partial charge in [0.1, 0.15) is 0 Å². The Hall–Kier alpha value is -6.31. The van der Waals surface area contributed by atoms with Crippen LogP contribution in [-0.4, -0.2) is 29.5 Å². The van der Waals surface area contributed by atoms with E-state index in [-0.39, 0.29) is 0 Å². The van der Waals surface area contributed by atoms with E-state index >= 15 is 0 Å². The molecular weight excluding hydrogens is 587 g/mol. The number of hydrogen-bond acceptors (Lipinski definition) is 16. The summed E-state index contributed by atoms with van der Waals surface area (Å²) < 4.78 is 28.8. The first-order chi connectivity index (χ1) is 19.1. The number of phosphoric acid groups is 1. The maximum Gasteiger partial charge on any atom is 0.647 e. The number of nitro groups is 6. The molecule has 0 saturated carbocycles. The maximum absolute atomic E-state index is 13.8. The van der Waals surface area contributed by atoms with Crippen LogP contribution in [0.15, 0.2) is 54.6 Å². The quantitative estimate of drug-likeness (QED) is 0.154. The van der Waals surface area contributed by atoms with E-state index in [0.717, 1.165) is 0 Å². The Morgan fingerprint density at radius 1 is 0.439 bits per heavy atom. The smallest absolute Gasteiger partial charge is 0.379 e. The van der Waals surface area contributed by atoms with Gasteiger partial charge < -0.3 is 13.6 Å². The lowest BCUT2D eigenvalue weighted by Gasteiger charge is -2.19. The number of non-ortho nitro benzene ring substituents is 3. The number of rotatable bonds is 12. The summed E-state index contributed by atoms with van der Waals surface area (Å²) in [6.07, 6.45) is 0. The Morgan fingerprint density at radius 3 is 0.878 bits per heavy atom. The lowest BCUT2D eigenvalue weighted by Crippen LogP contribution is -2.11. The monoisotopic (exact) mass is 596 g/mol. The van der Waals surface area contributed by atoms with E-state index in [1.54, 1.807) is 0 Å². The lowest BCUT2D eigenvalue weighted by atomic mass is 10.2. The summed E-state index contributed by atoms with van der Waals surface area (Å²) in [6.45, 7) is 0. The zero-order chi connectivity index (χ0) is 30.6. The van der Waals surface area contributed by atoms with Gasteiger partial charge in [0.15, 0.2) is 0 Å². The summed E-state index contributed by atoms with van der Waals surface area (Å²) in [7, 11) is -5.62. The van der Waals surface area contributed by atoms with Crippen LogP contribution in [-0.2, 0) is 4.57 Å². The van der Waals surface area contributed by atoms with E-state index in [9.17, 15) is 65.3 Å². The van der Waals surface area contributed by atoms with Crippen LogP contribution in [0.1, 0.15) is 0 Å². The summed E-state index contributed by atoms with van der Waals surface area (Å²) in [5.41, 5.74) is -6.04. The summed E-state index contributed by atoms with van der Waals surface area (Å²) in [5.74, 6) is -3.13. The first-order valence-corrected chi connectivity index (χ1v) is 11.5. The Labute approximate surface area is 222 Å². The van der Waals surface area contributed by atoms with Crippen molar-refractivity contribution >= 4 is 41.9 Å². The molecule has 0 N–H and O–H groups in total. The summed E-state index contributed by atoms with van der Waals surface area (Å²) in [5, 5.41) is 67.6. The number of nitrogens with zero attached hydrogens (tertiary/aromatic N) is 6. The molecule has 0 unspecified atom stereocenters. The van der Waals surface area contributed by atoms with Gasteiger partial charge in [-0.2, -0.15) is 4.57 Å². The highest BCUT2D eigenvalue weighted by molar-refractivity contribution is 7.49. The highest BCUT2D eigenvalue weighted by Gasteiger charge is 2.41. The largest absolute Gasteiger partial charge is 0.647 e. The zero-order valence-electron chi connectivity index (χ0n) is 19.4. The Balaban J connectivity index is 2.21. The zero-order valence-corrected chi connectivity index (χ0v) is 20.3. The van der Waals surface area contributed by atoms with Gasteiger partial charge in [-0.1, -0.05) is 0 Å². The first kappa shape index (κ1) is 29.2. The Kier molecular flexibility index (Phi) is 7.99. The van der Waals surface area contributed by atoms with Gasteiger partial charge in [0, 0.05) is 18.2 Å². The normalized spacial score (nSPS) is 10.7. The molecule has 23 heteroatoms. The van der Waals surface area contributed by atoms with Crippen LogP contribution in [0.4, 0.5) is 34.1 Å². The minimum absolute atomic E-state index is 0.377. The minimum atomic E-state index is -5.62. The molecule has 0 amide bonds. The van der Waals surface area contributed by atoms with Gasteiger partial charge in [0.05, 0.1) is 47.7 Å². The maximum atomic E-state index is 13.8. The standard InChI is InChI=1S/C18H9N6O16P/c25-19(26)10-1-4-16(13(7-10)22(31)32)38-41(37,39-17-5-2-11(20(27)28)8-14(17)23(33)34)40-18-6-3-12(21(29)30)9-15(18)24(35)36/h1-9H. The molecule has 3 aromatic rings. The highest BCUT2D eigenvalue weighted by Crippen LogP contribution is 2.55. The lowest BCUT2D eigenvalue weighted by molar-refractivity contribution is -0.394. The van der Waals surface area contributed by atoms with Gasteiger partial charge in [0.25, 0.3) is 17.1 Å². The van der Waals surface area contributed by atoms with Crippen LogP contribution in [0, 0.1) is 60.7 Å². The first-order valence-electron chi connectivity index (χ1n) is 10.1. The predicted molar refractivity (Wildman–Crippen MR) is 129 cm³/mol. The third-order valence-corrected chi connectivity index (χ3v) is 5.94. The average Bonchev–Trinajstić information content (AvgIpc) is 2.88. The second-order valence-electron chi connectivity index (χ2n) is 7.22. The molecule has 22 nitrogen and oxygen atoms in total. The fourth-order valence-electron chi connectivity index (χ4n) is 2.93. The van der Waals surface area contributed by atoms with Gasteiger partial charge in [0.2, 0.25) is 17.2 Å². The van der Waals surface area contributed by atoms with Crippen molar-refractivity contribution in [2.75, 3.05) is 0 Å². The molecule has 0 aliphatic heterocycles. The van der Waals surface area contributed by atoms with E-state index < -0.39 is 88.7 Å². The molecule has 0 fully saturated rings. The van der Waals surface area contributed by atoms with Gasteiger partial charge in [-0.05, 0) is 18.2 Å². The number of phosphoric ester groups is 1. The topological polar surface area (TPSA) is 304 Å². The van der Waals surface area contributed by atoms with E-state index in [4.69, 9.17) is 13.6 Å². The van der Waals surface area contributed by atoms with Crippen LogP contribution in [0.2, 0.25) is 0 Å². The van der Waals surface area contributed by atoms with Crippen molar-refractivity contribution in [3.63, 3.8) is 0 Å². The Bertz CT molecular complexity index is 1500. The van der Waals surface area contributed by atoms with Crippen LogP contribution in [0.25, 0.3) is 0 Å². The predicted octanol–water partition coefficient (Wildman–Crippen LogP) is 4.78. The molecule has 0 atom stereocenters. The number of nitro benzene ring substituents is 6. The second-order valence-corrected chi connectivity index (χ2v) is 8.66. The fourth-order valence-corrected chi connectivity index (χ4v) is 4.23. The van der Waals surface area contributed by atoms with E-state index in [1.165, 1.54) is 0 Å². The molecule has 0 spiro atoms. The summed E-state index contributed by atoms with van der Waals surface area (Å²) >= 11 is 0. The fraction of sp³-hybridized carbons (Fsp3) is 0. The van der Waals surface area contributed by atoms with Crippen LogP contribution >= 0.6 is 7.82 Å². The number of hydrogen-bond donors (Lipinski definition) is 0. The van der Waals surface area contributed by atoms with Gasteiger partial charge >= 0.3 is 24.9 Å². The molecule has 0 aliphatic carbocycles. The third kappa shape index (κ3) is 6.58. The molecule has 212 valence electrons. The van der Waals surface area contributed by atoms with Crippen molar-refractivity contribution in [1.82, 2.24) is 0 Å². The van der Waals surface area contributed by atoms with Crippen molar-refractivity contribution in [2.24, 2.45) is 0 Å². The highest BCUT2D eigenvalue weighted by atomic mass is 31.2. The summed E-state index contributed by atoms with van der Waals surface area (Å²) in [4.78, 5) is 60.9. The third-order valence-electron chi connectivity index (χ3n) is 4.68. The molecule has 3 rings (SSSR count). The van der Waals surface area contributed by atoms with E-state index in [0.29, 0.717) is 54.6 Å². The van der Waals surface area contributed by atoms with Gasteiger partial charge in [-0.25, -0.2) is 0 Å². The van der Waals surface area contributed by atoms with Crippen molar-refractivity contribution in [1.29, 1.82) is 0 Å². The molecule has 3 aromatic carbocycles. The SMILES string of the molecule is O=[N+]([O-])c1ccc(OP(=O)(Oc2ccc([N+](=O)[O-])cc2[N+](=O)[O-])Oc2ccc([N+](=O)[O-])cc2[N+](=O)[O-])c([N+](=O)[O-])c1. The molecule has 0 bridgehead atoms. The number of benzene rings is 3. The van der Waals surface area contributed by atoms with Crippen LogP contribution in [0.5, 0.6) is 17.2 Å². The van der Waals surface area contributed by atoms with Crippen molar-refractivity contribution in [3.8, 4) is 17.2 Å². The molecule has 0 saturated heterocycles. The van der Waals surface area contributed by atoms with Crippen molar-refractivity contribution < 1.29 is 47.7 Å².